The summed E-state index contributed by atoms with van der Waals surface area (Å²) < 4.78 is 0. The van der Waals surface area contributed by atoms with Crippen molar-refractivity contribution in [3.8, 4) is 203 Å². The normalized spacial score (nSPS) is 10.6. The standard InChI is InChI=1S/3C28H21N3.2C17H14N2.C16H13N3/c1-20-29-27(25-16-8-14-23(18-25)21-10-4-2-5-11-21)31-28(30-20)26-17-9-15-24(19-26)22-12-6-3-7-13-22;1-20-29-27(24-17-15-23(16-18-24)21-9-4-2-5-10-21)31-28(30-20)26-14-8-13-25(19-26)22-11-6-3-7-12-22;1-20-29-27(25-16-12-23(13-17-25)21-8-4-2-5-9-21)31-28(30-20)26-18-14-24(15-19-26)22-10-6-3-7-11-22;1-13-18-16(14-8-4-2-5-9-14)12-17(19-13)15-10-6-3-7-11-15;1-13-12-16(14-8-4-2-5-9-14)19-17(18-13)15-10-6-3-7-11-15;1-12-10-15(13-6-2-4-8-17-13)19-16(11-12)14-7-3-5-9-18-14/h3*2-19H,1H3;2*2-12H,1H3;2-11H,1H3. The minimum absolute atomic E-state index is 0.686. The maximum absolute atomic E-state index is 4.82. The molecule has 0 aliphatic heterocycles. The van der Waals surface area contributed by atoms with Gasteiger partial charge in [-0.05, 0) is 181 Å². The summed E-state index contributed by atoms with van der Waals surface area (Å²) >= 11 is 0. The van der Waals surface area contributed by atoms with Crippen molar-refractivity contribution in [2.24, 2.45) is 0 Å². The van der Waals surface area contributed by atoms with Crippen LogP contribution in [0.25, 0.3) is 203 Å². The van der Waals surface area contributed by atoms with Crippen molar-refractivity contribution in [3.63, 3.8) is 0 Å². The fraction of sp³-hybridized carbons (Fsp3) is 0.0448. The van der Waals surface area contributed by atoms with E-state index in [-0.39, 0.29) is 0 Å². The lowest BCUT2D eigenvalue weighted by Gasteiger charge is -2.09. The van der Waals surface area contributed by atoms with Crippen LogP contribution in [0.15, 0.2) is 522 Å². The molecule has 0 saturated carbocycles. The molecule has 0 atom stereocenters. The number of rotatable bonds is 18. The Labute approximate surface area is 874 Å². The molecular formula is C134H104N16. The molecule has 8 heterocycles. The zero-order chi connectivity index (χ0) is 102. The minimum atomic E-state index is 0.686. The highest BCUT2D eigenvalue weighted by Crippen LogP contribution is 2.35. The van der Waals surface area contributed by atoms with E-state index in [1.165, 1.54) is 50.1 Å². The van der Waals surface area contributed by atoms with Gasteiger partial charge in [-0.3, -0.25) is 9.97 Å². The van der Waals surface area contributed by atoms with Crippen LogP contribution in [0.4, 0.5) is 0 Å². The fourth-order valence-electron chi connectivity index (χ4n) is 17.0. The average molecular weight is 1940 g/mol. The third kappa shape index (κ3) is 26.4. The summed E-state index contributed by atoms with van der Waals surface area (Å²) in [7, 11) is 0. The Morgan fingerprint density at radius 2 is 0.320 bits per heavy atom. The molecule has 0 saturated heterocycles. The van der Waals surface area contributed by atoms with Gasteiger partial charge < -0.3 is 0 Å². The lowest BCUT2D eigenvalue weighted by atomic mass is 10.0. The molecule has 16 aromatic carbocycles. The summed E-state index contributed by atoms with van der Waals surface area (Å²) in [4.78, 5) is 73.5. The third-order valence-electron chi connectivity index (χ3n) is 24.4. The van der Waals surface area contributed by atoms with Gasteiger partial charge in [-0.15, -0.1) is 0 Å². The third-order valence-corrected chi connectivity index (χ3v) is 24.4. The summed E-state index contributed by atoms with van der Waals surface area (Å²) in [5.41, 5.74) is 32.8. The van der Waals surface area contributed by atoms with Gasteiger partial charge in [0, 0.05) is 73.7 Å². The van der Waals surface area contributed by atoms with Crippen molar-refractivity contribution < 1.29 is 0 Å². The van der Waals surface area contributed by atoms with E-state index in [1.807, 2.05) is 314 Å². The average Bonchev–Trinajstić information content (AvgIpc) is 0.811. The highest BCUT2D eigenvalue weighted by molar-refractivity contribution is 5.79. The van der Waals surface area contributed by atoms with E-state index in [4.69, 9.17) is 15.0 Å². The number of hydrogen-bond donors (Lipinski definition) is 0. The Morgan fingerprint density at radius 1 is 0.113 bits per heavy atom. The Morgan fingerprint density at radius 3 is 0.600 bits per heavy atom. The molecule has 0 fully saturated rings. The number of hydrogen-bond acceptors (Lipinski definition) is 16. The van der Waals surface area contributed by atoms with Crippen LogP contribution in [0, 0.1) is 41.5 Å². The van der Waals surface area contributed by atoms with Gasteiger partial charge in [0.25, 0.3) is 0 Å². The quantitative estimate of drug-likeness (QED) is 0.0783. The van der Waals surface area contributed by atoms with E-state index in [0.29, 0.717) is 52.4 Å². The first-order valence-electron chi connectivity index (χ1n) is 49.6. The van der Waals surface area contributed by atoms with Gasteiger partial charge in [-0.25, -0.2) is 69.8 Å². The van der Waals surface area contributed by atoms with Crippen LogP contribution >= 0.6 is 0 Å². The van der Waals surface area contributed by atoms with Crippen molar-refractivity contribution >= 4 is 0 Å². The predicted octanol–water partition coefficient (Wildman–Crippen LogP) is 32.3. The highest BCUT2D eigenvalue weighted by atomic mass is 15.0. The molecule has 0 aliphatic rings. The van der Waals surface area contributed by atoms with Crippen LogP contribution in [-0.4, -0.2) is 79.7 Å². The zero-order valence-corrected chi connectivity index (χ0v) is 83.8. The van der Waals surface area contributed by atoms with Crippen LogP contribution in [-0.2, 0) is 0 Å². The van der Waals surface area contributed by atoms with Crippen LogP contribution in [0.1, 0.15) is 34.6 Å². The molecule has 0 amide bonds. The Bertz CT molecular complexity index is 7850. The highest BCUT2D eigenvalue weighted by Gasteiger charge is 2.18. The van der Waals surface area contributed by atoms with Crippen molar-refractivity contribution in [1.29, 1.82) is 0 Å². The first-order chi connectivity index (χ1) is 73.8. The van der Waals surface area contributed by atoms with Crippen molar-refractivity contribution in [2.45, 2.75) is 41.5 Å². The van der Waals surface area contributed by atoms with Crippen molar-refractivity contribution in [2.75, 3.05) is 0 Å². The topological polar surface area (TPSA) is 206 Å². The second kappa shape index (κ2) is 49.0. The van der Waals surface area contributed by atoms with Crippen LogP contribution in [0.2, 0.25) is 0 Å². The molecule has 0 aliphatic carbocycles. The van der Waals surface area contributed by atoms with Gasteiger partial charge >= 0.3 is 0 Å². The Kier molecular flexibility index (Phi) is 32.3. The molecule has 16 heteroatoms. The smallest absolute Gasteiger partial charge is 0.163 e. The van der Waals surface area contributed by atoms with E-state index < -0.39 is 0 Å². The van der Waals surface area contributed by atoms with Gasteiger partial charge in [0.15, 0.2) is 40.8 Å². The lowest BCUT2D eigenvalue weighted by Crippen LogP contribution is -1.99. The molecule has 24 aromatic rings. The zero-order valence-electron chi connectivity index (χ0n) is 83.8. The second-order valence-electron chi connectivity index (χ2n) is 35.5. The summed E-state index contributed by atoms with van der Waals surface area (Å²) in [6.45, 7) is 11.7. The van der Waals surface area contributed by atoms with Crippen molar-refractivity contribution in [1.82, 2.24) is 79.7 Å². The van der Waals surface area contributed by atoms with E-state index in [9.17, 15) is 0 Å². The van der Waals surface area contributed by atoms with Crippen LogP contribution in [0.5, 0.6) is 0 Å². The summed E-state index contributed by atoms with van der Waals surface area (Å²) in [6, 6.07) is 173. The van der Waals surface area contributed by atoms with E-state index >= 15 is 0 Å². The summed E-state index contributed by atoms with van der Waals surface area (Å²) in [5, 5.41) is 0. The molecule has 0 unspecified atom stereocenters. The molecule has 24 rings (SSSR count). The van der Waals surface area contributed by atoms with E-state index in [0.717, 1.165) is 135 Å². The van der Waals surface area contributed by atoms with Gasteiger partial charge in [0.05, 0.1) is 39.9 Å². The van der Waals surface area contributed by atoms with E-state index in [2.05, 4.69) is 302 Å². The number of nitrogens with zero attached hydrogens (tertiary/aromatic N) is 16. The number of benzene rings is 16. The molecule has 720 valence electrons. The summed E-state index contributed by atoms with van der Waals surface area (Å²) in [6.07, 6.45) is 3.56. The minimum Gasteiger partial charge on any atom is -0.255 e. The Hall–Kier alpha value is -19.8. The van der Waals surface area contributed by atoms with Gasteiger partial charge in [0.2, 0.25) is 0 Å². The molecule has 0 N–H and O–H groups in total. The first-order valence-corrected chi connectivity index (χ1v) is 49.6. The fourth-order valence-corrected chi connectivity index (χ4v) is 17.0. The predicted molar refractivity (Wildman–Crippen MR) is 610 cm³/mol. The number of pyridine rings is 3. The van der Waals surface area contributed by atoms with Gasteiger partial charge in [-0.2, -0.15) is 0 Å². The van der Waals surface area contributed by atoms with Crippen LogP contribution < -0.4 is 0 Å². The van der Waals surface area contributed by atoms with Crippen LogP contribution in [0.3, 0.4) is 0 Å². The maximum atomic E-state index is 4.82. The number of aromatic nitrogens is 16. The molecule has 0 bridgehead atoms. The maximum Gasteiger partial charge on any atom is 0.163 e. The SMILES string of the molecule is Cc1cc(-c2ccccc2)nc(-c2ccccc2)n1.Cc1cc(-c2ccccn2)nc(-c2ccccn2)c1.Cc1nc(-c2ccc(-c3ccccc3)cc2)nc(-c2ccc(-c3ccccc3)cc2)n1.Cc1nc(-c2ccc(-c3ccccc3)cc2)nc(-c2cccc(-c3ccccc3)c2)n1.Cc1nc(-c2cccc(-c3ccccc3)c2)nc(-c2cccc(-c3ccccc3)c2)n1.Cc1nc(-c2ccccc2)cc(-c2ccccc2)n1. The number of aryl methyl sites for hydroxylation is 6. The first kappa shape index (κ1) is 98.9. The second-order valence-corrected chi connectivity index (χ2v) is 35.5. The largest absolute Gasteiger partial charge is 0.255 e. The monoisotopic (exact) mass is 1940 g/mol. The van der Waals surface area contributed by atoms with Gasteiger partial charge in [-0.1, -0.05) is 443 Å². The molecule has 8 aromatic heterocycles. The molecule has 150 heavy (non-hydrogen) atoms. The lowest BCUT2D eigenvalue weighted by molar-refractivity contribution is 0.991. The Balaban J connectivity index is 0.000000115. The molecule has 0 spiro atoms. The van der Waals surface area contributed by atoms with Gasteiger partial charge in [0.1, 0.15) is 23.3 Å². The van der Waals surface area contributed by atoms with E-state index in [1.54, 1.807) is 12.4 Å². The van der Waals surface area contributed by atoms with Crippen molar-refractivity contribution in [3.05, 3.63) is 557 Å². The summed E-state index contributed by atoms with van der Waals surface area (Å²) in [5.74, 6) is 7.81. The molecular weight excluding hydrogens is 1830 g/mol. The molecule has 0 radical (unpaired) electrons. The molecule has 16 nitrogen and oxygen atoms in total.